The minimum Gasteiger partial charge on any atom is -0.478 e. The van der Waals surface area contributed by atoms with Gasteiger partial charge in [-0.15, -0.1) is 0 Å². The molecule has 2 rings (SSSR count). The predicted octanol–water partition coefficient (Wildman–Crippen LogP) is 2.94. The minimum absolute atomic E-state index is 0.238. The molecule has 0 spiro atoms. The first kappa shape index (κ1) is 15.3. The van der Waals surface area contributed by atoms with Crippen molar-refractivity contribution in [1.82, 2.24) is 10.3 Å². The standard InChI is InChI=1S/C15H22N2O2S/c1-20-15(7-3-2-4-8-15)11-16-10-13-6-5-12(9-17-13)14(18)19/h5-6,9,16H,2-4,7-8,10-11H2,1H3,(H,18,19). The van der Waals surface area contributed by atoms with Crippen LogP contribution in [0.1, 0.15) is 48.2 Å². The number of carbonyl (C=O) groups is 1. The highest BCUT2D eigenvalue weighted by Crippen LogP contribution is 2.37. The minimum atomic E-state index is -0.930. The maximum Gasteiger partial charge on any atom is 0.337 e. The fraction of sp³-hybridized carbons (Fsp3) is 0.600. The molecule has 0 aliphatic heterocycles. The lowest BCUT2D eigenvalue weighted by Gasteiger charge is -2.36. The monoisotopic (exact) mass is 294 g/mol. The number of thioether (sulfide) groups is 1. The van der Waals surface area contributed by atoms with E-state index in [2.05, 4.69) is 16.6 Å². The lowest BCUT2D eigenvalue weighted by atomic mass is 9.88. The van der Waals surface area contributed by atoms with E-state index < -0.39 is 5.97 Å². The van der Waals surface area contributed by atoms with Crippen LogP contribution >= 0.6 is 11.8 Å². The van der Waals surface area contributed by atoms with Crippen LogP contribution in [0, 0.1) is 0 Å². The van der Waals surface area contributed by atoms with Gasteiger partial charge in [-0.25, -0.2) is 4.79 Å². The molecule has 0 atom stereocenters. The highest BCUT2D eigenvalue weighted by Gasteiger charge is 2.30. The van der Waals surface area contributed by atoms with Gasteiger partial charge >= 0.3 is 5.97 Å². The molecular formula is C15H22N2O2S. The van der Waals surface area contributed by atoms with Crippen LogP contribution in [0.15, 0.2) is 18.3 Å². The van der Waals surface area contributed by atoms with Crippen LogP contribution in [-0.2, 0) is 6.54 Å². The van der Waals surface area contributed by atoms with Crippen LogP contribution in [0.5, 0.6) is 0 Å². The second kappa shape index (κ2) is 7.09. The maximum atomic E-state index is 10.8. The van der Waals surface area contributed by atoms with Gasteiger partial charge in [0.25, 0.3) is 0 Å². The molecule has 1 aliphatic carbocycles. The molecular weight excluding hydrogens is 272 g/mol. The predicted molar refractivity (Wildman–Crippen MR) is 82.2 cm³/mol. The van der Waals surface area contributed by atoms with Gasteiger partial charge in [0.1, 0.15) is 0 Å². The van der Waals surface area contributed by atoms with Gasteiger partial charge in [0, 0.05) is 24.0 Å². The molecule has 1 aromatic heterocycles. The second-order valence-electron chi connectivity index (χ2n) is 5.39. The molecule has 0 bridgehead atoms. The summed E-state index contributed by atoms with van der Waals surface area (Å²) in [5.74, 6) is -0.930. The fourth-order valence-electron chi connectivity index (χ4n) is 2.72. The van der Waals surface area contributed by atoms with E-state index in [4.69, 9.17) is 5.11 Å². The molecule has 1 aromatic rings. The number of hydrogen-bond donors (Lipinski definition) is 2. The molecule has 0 aromatic carbocycles. The van der Waals surface area contributed by atoms with E-state index >= 15 is 0 Å². The quantitative estimate of drug-likeness (QED) is 0.844. The van der Waals surface area contributed by atoms with Crippen molar-refractivity contribution in [1.29, 1.82) is 0 Å². The van der Waals surface area contributed by atoms with Gasteiger partial charge in [-0.05, 0) is 31.2 Å². The summed E-state index contributed by atoms with van der Waals surface area (Å²) in [6.07, 6.45) is 10.2. The Balaban J connectivity index is 1.84. The summed E-state index contributed by atoms with van der Waals surface area (Å²) >= 11 is 1.97. The Labute approximate surface area is 124 Å². The number of pyridine rings is 1. The van der Waals surface area contributed by atoms with E-state index in [1.165, 1.54) is 38.3 Å². The molecule has 5 heteroatoms. The lowest BCUT2D eigenvalue weighted by Crippen LogP contribution is -2.39. The Kier molecular flexibility index (Phi) is 5.43. The molecule has 1 saturated carbocycles. The summed E-state index contributed by atoms with van der Waals surface area (Å²) in [6, 6.07) is 3.39. The van der Waals surface area contributed by atoms with Gasteiger partial charge in [-0.3, -0.25) is 4.98 Å². The van der Waals surface area contributed by atoms with E-state index in [9.17, 15) is 4.79 Å². The van der Waals surface area contributed by atoms with Crippen LogP contribution < -0.4 is 5.32 Å². The third-order valence-corrected chi connectivity index (χ3v) is 5.44. The summed E-state index contributed by atoms with van der Waals surface area (Å²) in [6.45, 7) is 1.69. The van der Waals surface area contributed by atoms with Gasteiger partial charge in [0.2, 0.25) is 0 Å². The molecule has 4 nitrogen and oxygen atoms in total. The average Bonchev–Trinajstić information content (AvgIpc) is 2.49. The Morgan fingerprint density at radius 1 is 1.40 bits per heavy atom. The average molecular weight is 294 g/mol. The molecule has 0 saturated heterocycles. The molecule has 1 fully saturated rings. The highest BCUT2D eigenvalue weighted by molar-refractivity contribution is 8.00. The molecule has 110 valence electrons. The Morgan fingerprint density at radius 3 is 2.70 bits per heavy atom. The number of nitrogens with zero attached hydrogens (tertiary/aromatic N) is 1. The number of nitrogens with one attached hydrogen (secondary N) is 1. The number of rotatable bonds is 6. The molecule has 2 N–H and O–H groups in total. The first-order chi connectivity index (χ1) is 9.65. The lowest BCUT2D eigenvalue weighted by molar-refractivity contribution is 0.0696. The zero-order valence-electron chi connectivity index (χ0n) is 11.9. The molecule has 0 amide bonds. The summed E-state index contributed by atoms with van der Waals surface area (Å²) in [4.78, 5) is 14.9. The number of aromatic nitrogens is 1. The summed E-state index contributed by atoms with van der Waals surface area (Å²) in [5, 5.41) is 12.3. The van der Waals surface area contributed by atoms with Crippen LogP contribution in [0.4, 0.5) is 0 Å². The van der Waals surface area contributed by atoms with E-state index in [1.54, 1.807) is 12.1 Å². The van der Waals surface area contributed by atoms with Crippen molar-refractivity contribution < 1.29 is 9.90 Å². The molecule has 1 heterocycles. The number of hydrogen-bond acceptors (Lipinski definition) is 4. The van der Waals surface area contributed by atoms with Crippen molar-refractivity contribution in [2.75, 3.05) is 12.8 Å². The van der Waals surface area contributed by atoms with E-state index in [0.717, 1.165) is 12.2 Å². The van der Waals surface area contributed by atoms with Crippen LogP contribution in [0.25, 0.3) is 0 Å². The second-order valence-corrected chi connectivity index (χ2v) is 6.67. The molecule has 0 unspecified atom stereocenters. The van der Waals surface area contributed by atoms with Crippen LogP contribution in [0.3, 0.4) is 0 Å². The third kappa shape index (κ3) is 3.96. The Hall–Kier alpha value is -1.07. The van der Waals surface area contributed by atoms with Gasteiger partial charge in [-0.1, -0.05) is 19.3 Å². The van der Waals surface area contributed by atoms with Crippen molar-refractivity contribution >= 4 is 17.7 Å². The largest absolute Gasteiger partial charge is 0.478 e. The van der Waals surface area contributed by atoms with E-state index in [-0.39, 0.29) is 5.56 Å². The van der Waals surface area contributed by atoms with Crippen molar-refractivity contribution in [3.8, 4) is 0 Å². The van der Waals surface area contributed by atoms with Crippen molar-refractivity contribution in [2.45, 2.75) is 43.4 Å². The number of aromatic carboxylic acids is 1. The first-order valence-corrected chi connectivity index (χ1v) is 8.32. The Bertz CT molecular complexity index is 442. The topological polar surface area (TPSA) is 62.2 Å². The van der Waals surface area contributed by atoms with Crippen LogP contribution in [0.2, 0.25) is 0 Å². The zero-order chi connectivity index (χ0) is 14.4. The van der Waals surface area contributed by atoms with Gasteiger partial charge in [0.05, 0.1) is 11.3 Å². The van der Waals surface area contributed by atoms with Gasteiger partial charge in [-0.2, -0.15) is 11.8 Å². The molecule has 0 radical (unpaired) electrons. The molecule has 20 heavy (non-hydrogen) atoms. The SMILES string of the molecule is CSC1(CNCc2ccc(C(=O)O)cn2)CCCCC1. The molecule has 1 aliphatic rings. The third-order valence-electron chi connectivity index (χ3n) is 4.02. The maximum absolute atomic E-state index is 10.8. The normalized spacial score (nSPS) is 17.9. The van der Waals surface area contributed by atoms with Crippen molar-refractivity contribution in [3.05, 3.63) is 29.6 Å². The van der Waals surface area contributed by atoms with E-state index in [1.807, 2.05) is 11.8 Å². The summed E-state index contributed by atoms with van der Waals surface area (Å²) in [7, 11) is 0. The smallest absolute Gasteiger partial charge is 0.337 e. The van der Waals surface area contributed by atoms with E-state index in [0.29, 0.717) is 11.3 Å². The fourth-order valence-corrected chi connectivity index (χ4v) is 3.67. The van der Waals surface area contributed by atoms with Gasteiger partial charge in [0.15, 0.2) is 0 Å². The van der Waals surface area contributed by atoms with Crippen molar-refractivity contribution in [2.24, 2.45) is 0 Å². The van der Waals surface area contributed by atoms with Gasteiger partial charge < -0.3 is 10.4 Å². The number of carboxylic acid groups (broad SMARTS) is 1. The zero-order valence-corrected chi connectivity index (χ0v) is 12.7. The summed E-state index contributed by atoms with van der Waals surface area (Å²) in [5.41, 5.74) is 1.13. The van der Waals surface area contributed by atoms with Crippen molar-refractivity contribution in [3.63, 3.8) is 0 Å². The Morgan fingerprint density at radius 2 is 2.15 bits per heavy atom. The highest BCUT2D eigenvalue weighted by atomic mass is 32.2. The first-order valence-electron chi connectivity index (χ1n) is 7.09. The summed E-state index contributed by atoms with van der Waals surface area (Å²) < 4.78 is 0.374. The number of carboxylic acids is 1. The van der Waals surface area contributed by atoms with Crippen LogP contribution in [-0.4, -0.2) is 33.6 Å².